The fourth-order valence-corrected chi connectivity index (χ4v) is 2.14. The lowest BCUT2D eigenvalue weighted by Gasteiger charge is -2.33. The smallest absolute Gasteiger partial charge is 0.166 e. The molecule has 2 rings (SSSR count). The fourth-order valence-electron chi connectivity index (χ4n) is 2.14. The summed E-state index contributed by atoms with van der Waals surface area (Å²) in [7, 11) is 0. The Balaban J connectivity index is 2.20. The van der Waals surface area contributed by atoms with Crippen molar-refractivity contribution in [2.45, 2.75) is 31.9 Å². The van der Waals surface area contributed by atoms with Crippen LogP contribution in [0.15, 0.2) is 24.3 Å². The quantitative estimate of drug-likeness (QED) is 0.656. The summed E-state index contributed by atoms with van der Waals surface area (Å²) >= 11 is 0. The summed E-state index contributed by atoms with van der Waals surface area (Å²) in [6, 6.07) is 5.72. The molecule has 0 saturated heterocycles. The first-order valence-corrected chi connectivity index (χ1v) is 5.14. The van der Waals surface area contributed by atoms with Crippen LogP contribution in [0.3, 0.4) is 0 Å². The first-order valence-electron chi connectivity index (χ1n) is 5.14. The van der Waals surface area contributed by atoms with Crippen molar-refractivity contribution in [2.75, 3.05) is 0 Å². The summed E-state index contributed by atoms with van der Waals surface area (Å²) in [4.78, 5) is 0. The minimum Gasteiger partial charge on any atom is -0.166 e. The average Bonchev–Trinajstić information content (AvgIpc) is 2.12. The highest BCUT2D eigenvalue weighted by Crippen LogP contribution is 2.42. The molecule has 0 bridgehead atoms. The molecular weight excluding hydrogens is 201 g/mol. The van der Waals surface area contributed by atoms with Crippen LogP contribution in [0, 0.1) is 5.92 Å². The molecule has 0 N–H and O–H groups in total. The third-order valence-corrected chi connectivity index (χ3v) is 3.06. The summed E-state index contributed by atoms with van der Waals surface area (Å²) in [6.07, 6.45) is -2.19. The van der Waals surface area contributed by atoms with Crippen molar-refractivity contribution in [3.63, 3.8) is 0 Å². The van der Waals surface area contributed by atoms with Crippen molar-refractivity contribution in [1.29, 1.82) is 0 Å². The van der Waals surface area contributed by atoms with E-state index in [1.807, 2.05) is 0 Å². The molecule has 0 nitrogen and oxygen atoms in total. The molecule has 0 spiro atoms. The fraction of sp³-hybridized carbons (Fsp3) is 0.500. The molecule has 0 heterocycles. The first kappa shape index (κ1) is 10.5. The van der Waals surface area contributed by atoms with E-state index in [0.717, 1.165) is 24.5 Å². The normalized spacial score (nSPS) is 26.1. The van der Waals surface area contributed by atoms with Crippen molar-refractivity contribution in [1.82, 2.24) is 0 Å². The predicted octanol–water partition coefficient (Wildman–Crippen LogP) is 4.22. The van der Waals surface area contributed by atoms with Crippen LogP contribution < -0.4 is 0 Å². The number of halogens is 3. The lowest BCUT2D eigenvalue weighted by molar-refractivity contribution is -0.137. The maximum atomic E-state index is 12.4. The van der Waals surface area contributed by atoms with Crippen LogP contribution in [0.2, 0.25) is 0 Å². The van der Waals surface area contributed by atoms with Gasteiger partial charge in [-0.3, -0.25) is 0 Å². The third kappa shape index (κ3) is 2.16. The molecule has 0 radical (unpaired) electrons. The molecule has 0 aromatic heterocycles. The van der Waals surface area contributed by atoms with Gasteiger partial charge < -0.3 is 0 Å². The number of alkyl halides is 3. The largest absolute Gasteiger partial charge is 0.416 e. The van der Waals surface area contributed by atoms with Crippen molar-refractivity contribution in [3.05, 3.63) is 35.4 Å². The lowest BCUT2D eigenvalue weighted by atomic mass is 9.72. The zero-order valence-electron chi connectivity index (χ0n) is 8.51. The van der Waals surface area contributed by atoms with Crippen molar-refractivity contribution in [2.24, 2.45) is 5.92 Å². The summed E-state index contributed by atoms with van der Waals surface area (Å²) in [5.74, 6) is 0.992. The van der Waals surface area contributed by atoms with Gasteiger partial charge in [-0.25, -0.2) is 0 Å². The number of rotatable bonds is 1. The Labute approximate surface area is 87.1 Å². The van der Waals surface area contributed by atoms with Crippen LogP contribution in [0.1, 0.15) is 36.8 Å². The van der Waals surface area contributed by atoms with Gasteiger partial charge in [0.1, 0.15) is 0 Å². The predicted molar refractivity (Wildman–Crippen MR) is 52.6 cm³/mol. The van der Waals surface area contributed by atoms with E-state index in [0.29, 0.717) is 11.8 Å². The van der Waals surface area contributed by atoms with Crippen molar-refractivity contribution >= 4 is 0 Å². The molecule has 1 saturated carbocycles. The van der Waals surface area contributed by atoms with Gasteiger partial charge in [0.05, 0.1) is 5.56 Å². The monoisotopic (exact) mass is 214 g/mol. The van der Waals surface area contributed by atoms with E-state index in [-0.39, 0.29) is 0 Å². The second-order valence-electron chi connectivity index (χ2n) is 4.40. The third-order valence-electron chi connectivity index (χ3n) is 3.06. The molecular formula is C12H13F3. The highest BCUT2D eigenvalue weighted by atomic mass is 19.4. The van der Waals surface area contributed by atoms with Gasteiger partial charge in [0, 0.05) is 0 Å². The van der Waals surface area contributed by atoms with Gasteiger partial charge >= 0.3 is 6.18 Å². The van der Waals surface area contributed by atoms with Crippen LogP contribution in [0.25, 0.3) is 0 Å². The molecule has 3 heteroatoms. The van der Waals surface area contributed by atoms with E-state index >= 15 is 0 Å². The van der Waals surface area contributed by atoms with Gasteiger partial charge in [0.15, 0.2) is 0 Å². The van der Waals surface area contributed by atoms with Gasteiger partial charge in [0.25, 0.3) is 0 Å². The maximum absolute atomic E-state index is 12.4. The Hall–Kier alpha value is -0.990. The topological polar surface area (TPSA) is 0 Å². The molecule has 1 fully saturated rings. The van der Waals surface area contributed by atoms with E-state index in [4.69, 9.17) is 0 Å². The van der Waals surface area contributed by atoms with Gasteiger partial charge in [-0.05, 0) is 36.3 Å². The summed E-state index contributed by atoms with van der Waals surface area (Å²) in [6.45, 7) is 2.13. The molecule has 1 aromatic rings. The maximum Gasteiger partial charge on any atom is 0.416 e. The summed E-state index contributed by atoms with van der Waals surface area (Å²) in [5.41, 5.74) is 0.308. The van der Waals surface area contributed by atoms with Crippen LogP contribution in [0.5, 0.6) is 0 Å². The lowest BCUT2D eigenvalue weighted by Crippen LogP contribution is -2.19. The van der Waals surface area contributed by atoms with Crippen molar-refractivity contribution < 1.29 is 13.2 Å². The Kier molecular flexibility index (Phi) is 2.49. The van der Waals surface area contributed by atoms with E-state index < -0.39 is 11.7 Å². The SMILES string of the molecule is C[C@H]1C[C@H](c2cccc(C(F)(F)F)c2)C1. The van der Waals surface area contributed by atoms with Gasteiger partial charge in [-0.1, -0.05) is 25.1 Å². The Morgan fingerprint density at radius 3 is 2.40 bits per heavy atom. The van der Waals surface area contributed by atoms with Crippen LogP contribution in [0.4, 0.5) is 13.2 Å². The molecule has 1 aliphatic carbocycles. The van der Waals surface area contributed by atoms with Gasteiger partial charge in [0.2, 0.25) is 0 Å². The van der Waals surface area contributed by atoms with E-state index in [1.54, 1.807) is 6.07 Å². The minimum absolute atomic E-state index is 0.335. The van der Waals surface area contributed by atoms with Crippen LogP contribution >= 0.6 is 0 Å². The highest BCUT2D eigenvalue weighted by molar-refractivity contribution is 5.29. The first-order chi connectivity index (χ1) is 6.97. The summed E-state index contributed by atoms with van der Waals surface area (Å²) in [5, 5.41) is 0. The van der Waals surface area contributed by atoms with E-state index in [1.165, 1.54) is 12.1 Å². The summed E-state index contributed by atoms with van der Waals surface area (Å²) < 4.78 is 37.3. The average molecular weight is 214 g/mol. The van der Waals surface area contributed by atoms with E-state index in [9.17, 15) is 13.2 Å². The highest BCUT2D eigenvalue weighted by Gasteiger charge is 2.32. The Morgan fingerprint density at radius 1 is 1.20 bits per heavy atom. The minimum atomic E-state index is -4.22. The molecule has 0 atom stereocenters. The van der Waals surface area contributed by atoms with Crippen LogP contribution in [-0.4, -0.2) is 0 Å². The molecule has 0 unspecified atom stereocenters. The standard InChI is InChI=1S/C12H13F3/c1-8-5-10(6-8)9-3-2-4-11(7-9)12(13,14)15/h2-4,7-8,10H,5-6H2,1H3/t8-,10-. The number of hydrogen-bond donors (Lipinski definition) is 0. The second-order valence-corrected chi connectivity index (χ2v) is 4.40. The van der Waals surface area contributed by atoms with Gasteiger partial charge in [-0.15, -0.1) is 0 Å². The molecule has 0 aliphatic heterocycles. The molecule has 1 aliphatic rings. The zero-order chi connectivity index (χ0) is 11.1. The Bertz CT molecular complexity index is 348. The van der Waals surface area contributed by atoms with Crippen molar-refractivity contribution in [3.8, 4) is 0 Å². The molecule has 0 amide bonds. The molecule has 1 aromatic carbocycles. The number of hydrogen-bond acceptors (Lipinski definition) is 0. The van der Waals surface area contributed by atoms with Gasteiger partial charge in [-0.2, -0.15) is 13.2 Å². The van der Waals surface area contributed by atoms with Crippen LogP contribution in [-0.2, 0) is 6.18 Å². The van der Waals surface area contributed by atoms with E-state index in [2.05, 4.69) is 6.92 Å². The molecule has 82 valence electrons. The zero-order valence-corrected chi connectivity index (χ0v) is 8.51. The number of benzene rings is 1. The Morgan fingerprint density at radius 2 is 1.87 bits per heavy atom. The second kappa shape index (κ2) is 3.54. The molecule has 15 heavy (non-hydrogen) atoms.